The molecule has 2 rings (SSSR count). The lowest BCUT2D eigenvalue weighted by Crippen LogP contribution is -2.41. The van der Waals surface area contributed by atoms with Crippen LogP contribution in [0.5, 0.6) is 0 Å². The summed E-state index contributed by atoms with van der Waals surface area (Å²) in [5.74, 6) is -1.06. The number of nitrogens with zero attached hydrogens (tertiary/aromatic N) is 3. The minimum atomic E-state index is -1.06. The number of aromatic nitrogens is 3. The van der Waals surface area contributed by atoms with E-state index in [9.17, 15) is 9.59 Å². The van der Waals surface area contributed by atoms with Gasteiger partial charge < -0.3 is 15.2 Å². The molecule has 128 valence electrons. The van der Waals surface area contributed by atoms with Gasteiger partial charge in [0.25, 0.3) is 0 Å². The van der Waals surface area contributed by atoms with Crippen molar-refractivity contribution in [3.63, 3.8) is 0 Å². The number of aromatic carboxylic acids is 1. The molecule has 1 fully saturated rings. The largest absolute Gasteiger partial charge is 0.476 e. The van der Waals surface area contributed by atoms with E-state index in [1.165, 1.54) is 0 Å². The molecule has 23 heavy (non-hydrogen) atoms. The molecule has 1 aromatic heterocycles. The van der Waals surface area contributed by atoms with Crippen LogP contribution in [0.4, 0.5) is 4.79 Å². The monoisotopic (exact) mass is 324 g/mol. The van der Waals surface area contributed by atoms with Crippen molar-refractivity contribution < 1.29 is 19.4 Å². The van der Waals surface area contributed by atoms with Crippen molar-refractivity contribution in [3.8, 4) is 0 Å². The third-order valence-electron chi connectivity index (χ3n) is 3.89. The fourth-order valence-electron chi connectivity index (χ4n) is 2.82. The second-order valence-electron chi connectivity index (χ2n) is 6.92. The molecule has 0 bridgehead atoms. The molecule has 1 aliphatic rings. The first kappa shape index (κ1) is 17.2. The van der Waals surface area contributed by atoms with Gasteiger partial charge in [-0.2, -0.15) is 0 Å². The number of rotatable bonds is 3. The minimum Gasteiger partial charge on any atom is -0.476 e. The highest BCUT2D eigenvalue weighted by Gasteiger charge is 2.28. The molecular weight excluding hydrogens is 300 g/mol. The Bertz CT molecular complexity index is 583. The number of carbonyl (C=O) groups is 2. The van der Waals surface area contributed by atoms with E-state index in [0.29, 0.717) is 5.69 Å². The Morgan fingerprint density at radius 1 is 1.26 bits per heavy atom. The van der Waals surface area contributed by atoms with Crippen molar-refractivity contribution >= 4 is 12.1 Å². The number of alkyl carbamates (subject to hydrolysis) is 1. The van der Waals surface area contributed by atoms with Crippen LogP contribution < -0.4 is 5.32 Å². The molecular formula is C15H24N4O4. The van der Waals surface area contributed by atoms with Crippen LogP contribution in [0.15, 0.2) is 0 Å². The molecule has 1 heterocycles. The summed E-state index contributed by atoms with van der Waals surface area (Å²) in [4.78, 5) is 22.8. The van der Waals surface area contributed by atoms with Crippen molar-refractivity contribution in [3.05, 3.63) is 11.4 Å². The molecule has 1 amide bonds. The van der Waals surface area contributed by atoms with Gasteiger partial charge in [0.15, 0.2) is 5.69 Å². The van der Waals surface area contributed by atoms with Gasteiger partial charge >= 0.3 is 12.1 Å². The Morgan fingerprint density at radius 3 is 2.35 bits per heavy atom. The summed E-state index contributed by atoms with van der Waals surface area (Å²) in [5.41, 5.74) is 0.0619. The molecule has 2 N–H and O–H groups in total. The number of hydrogen-bond acceptors (Lipinski definition) is 5. The molecule has 8 heteroatoms. The predicted octanol–water partition coefficient (Wildman–Crippen LogP) is 2.29. The SMILES string of the molecule is Cc1c(C(=O)O)nnn1C1CCC(NC(=O)OC(C)(C)C)CC1. The molecule has 8 nitrogen and oxygen atoms in total. The number of nitrogens with one attached hydrogen (secondary N) is 1. The van der Waals surface area contributed by atoms with Crippen LogP contribution in [-0.4, -0.2) is 43.8 Å². The third kappa shape index (κ3) is 4.43. The zero-order chi connectivity index (χ0) is 17.2. The molecule has 0 saturated heterocycles. The summed E-state index contributed by atoms with van der Waals surface area (Å²) in [6.45, 7) is 7.21. The lowest BCUT2D eigenvalue weighted by molar-refractivity contribution is 0.0486. The maximum atomic E-state index is 11.8. The van der Waals surface area contributed by atoms with Crippen molar-refractivity contribution in [2.75, 3.05) is 0 Å². The zero-order valence-corrected chi connectivity index (χ0v) is 14.0. The van der Waals surface area contributed by atoms with Gasteiger partial charge in [0.05, 0.1) is 11.7 Å². The van der Waals surface area contributed by atoms with Crippen LogP contribution >= 0.6 is 0 Å². The van der Waals surface area contributed by atoms with Crippen molar-refractivity contribution in [2.24, 2.45) is 0 Å². The number of carboxylic acids is 1. The van der Waals surface area contributed by atoms with Crippen LogP contribution in [0.1, 0.15) is 68.7 Å². The summed E-state index contributed by atoms with van der Waals surface area (Å²) in [6, 6.07) is 0.191. The summed E-state index contributed by atoms with van der Waals surface area (Å²) in [6.07, 6.45) is 2.82. The predicted molar refractivity (Wildman–Crippen MR) is 82.4 cm³/mol. The lowest BCUT2D eigenvalue weighted by Gasteiger charge is -2.30. The highest BCUT2D eigenvalue weighted by molar-refractivity contribution is 5.86. The number of ether oxygens (including phenoxy) is 1. The van der Waals surface area contributed by atoms with Gasteiger partial charge in [0, 0.05) is 6.04 Å². The van der Waals surface area contributed by atoms with Crippen LogP contribution in [-0.2, 0) is 4.74 Å². The lowest BCUT2D eigenvalue weighted by atomic mass is 9.91. The van der Waals surface area contributed by atoms with Gasteiger partial charge in [-0.05, 0) is 53.4 Å². The number of carbonyl (C=O) groups excluding carboxylic acids is 1. The quantitative estimate of drug-likeness (QED) is 0.883. The van der Waals surface area contributed by atoms with E-state index in [1.807, 2.05) is 20.8 Å². The summed E-state index contributed by atoms with van der Waals surface area (Å²) in [5, 5.41) is 19.6. The first-order chi connectivity index (χ1) is 10.7. The number of carboxylic acid groups (broad SMARTS) is 1. The molecule has 0 spiro atoms. The fraction of sp³-hybridized carbons (Fsp3) is 0.733. The molecule has 1 aliphatic carbocycles. The second kappa shape index (κ2) is 6.55. The van der Waals surface area contributed by atoms with Gasteiger partial charge in [0.2, 0.25) is 0 Å². The van der Waals surface area contributed by atoms with E-state index >= 15 is 0 Å². The maximum Gasteiger partial charge on any atom is 0.407 e. The van der Waals surface area contributed by atoms with Crippen molar-refractivity contribution in [1.29, 1.82) is 0 Å². The average molecular weight is 324 g/mol. The summed E-state index contributed by atoms with van der Waals surface area (Å²) < 4.78 is 6.95. The smallest absolute Gasteiger partial charge is 0.407 e. The van der Waals surface area contributed by atoms with E-state index in [4.69, 9.17) is 9.84 Å². The summed E-state index contributed by atoms with van der Waals surface area (Å²) >= 11 is 0. The van der Waals surface area contributed by atoms with Crippen LogP contribution in [0.3, 0.4) is 0 Å². The zero-order valence-electron chi connectivity index (χ0n) is 14.0. The Hall–Kier alpha value is -2.12. The van der Waals surface area contributed by atoms with E-state index < -0.39 is 17.7 Å². The third-order valence-corrected chi connectivity index (χ3v) is 3.89. The minimum absolute atomic E-state index is 0.000923. The topological polar surface area (TPSA) is 106 Å². The molecule has 0 aliphatic heterocycles. The standard InChI is InChI=1S/C15H24N4O4/c1-9-12(13(20)21)17-18-19(9)11-7-5-10(6-8-11)16-14(22)23-15(2,3)4/h10-11H,5-8H2,1-4H3,(H,16,22)(H,20,21). The van der Waals surface area contributed by atoms with E-state index in [2.05, 4.69) is 15.6 Å². The Kier molecular flexibility index (Phi) is 4.91. The Morgan fingerprint density at radius 2 is 1.87 bits per heavy atom. The highest BCUT2D eigenvalue weighted by atomic mass is 16.6. The molecule has 1 aromatic rings. The van der Waals surface area contributed by atoms with Gasteiger partial charge in [0.1, 0.15) is 5.60 Å². The molecule has 0 unspecified atom stereocenters. The molecule has 0 aromatic carbocycles. The van der Waals surface area contributed by atoms with Crippen LogP contribution in [0.2, 0.25) is 0 Å². The Labute approximate surface area is 135 Å². The van der Waals surface area contributed by atoms with Gasteiger partial charge in [-0.15, -0.1) is 5.10 Å². The van der Waals surface area contributed by atoms with E-state index in [0.717, 1.165) is 25.7 Å². The fourth-order valence-corrected chi connectivity index (χ4v) is 2.82. The average Bonchev–Trinajstić information content (AvgIpc) is 2.79. The molecule has 0 radical (unpaired) electrons. The normalized spacial score (nSPS) is 21.7. The van der Waals surface area contributed by atoms with E-state index in [-0.39, 0.29) is 17.8 Å². The van der Waals surface area contributed by atoms with Crippen molar-refractivity contribution in [2.45, 2.75) is 71.1 Å². The second-order valence-corrected chi connectivity index (χ2v) is 6.92. The van der Waals surface area contributed by atoms with Gasteiger partial charge in [-0.1, -0.05) is 5.21 Å². The van der Waals surface area contributed by atoms with E-state index in [1.54, 1.807) is 11.6 Å². The first-order valence-corrected chi connectivity index (χ1v) is 7.82. The van der Waals surface area contributed by atoms with Crippen molar-refractivity contribution in [1.82, 2.24) is 20.3 Å². The number of hydrogen-bond donors (Lipinski definition) is 2. The molecule has 0 atom stereocenters. The first-order valence-electron chi connectivity index (χ1n) is 7.82. The van der Waals surface area contributed by atoms with Gasteiger partial charge in [-0.3, -0.25) is 0 Å². The van der Waals surface area contributed by atoms with Gasteiger partial charge in [-0.25, -0.2) is 14.3 Å². The maximum absolute atomic E-state index is 11.8. The van der Waals surface area contributed by atoms with Crippen LogP contribution in [0.25, 0.3) is 0 Å². The molecule has 1 saturated carbocycles. The Balaban J connectivity index is 1.89. The van der Waals surface area contributed by atoms with Crippen LogP contribution in [0, 0.1) is 6.92 Å². The summed E-state index contributed by atoms with van der Waals surface area (Å²) in [7, 11) is 0. The number of amides is 1. The highest BCUT2D eigenvalue weighted by Crippen LogP contribution is 2.29.